The number of aliphatic hydroxyl groups excluding tert-OH is 5. The zero-order valence-electron chi connectivity index (χ0n) is 25.1. The topological polar surface area (TPSA) is 228 Å². The predicted octanol–water partition coefficient (Wildman–Crippen LogP) is -9.16. The molecule has 4 rings (SSSR count). The molecule has 0 radical (unpaired) electrons. The van der Waals surface area contributed by atoms with Crippen LogP contribution in [0.2, 0.25) is 0 Å². The number of aliphatic carboxylic acids is 2. The van der Waals surface area contributed by atoms with Gasteiger partial charge < -0.3 is 69.0 Å². The smallest absolute Gasteiger partial charge is 0.547 e. The SMILES string of the molecule is C[C@@H]1O[C@@H](O[C@@H]2CCCC[C@H]2O[C@@H]2O[C@@H](C(=O)[O-])[C@H](O)[C@H](O[C@@H](CC3CCCCC3)C(=O)[O-])[C@@H]2O)[C@@H](O)[C@@H](O)[C@@H]1O.[Na+].[Na+]. The van der Waals surface area contributed by atoms with E-state index in [1.807, 2.05) is 0 Å². The van der Waals surface area contributed by atoms with Gasteiger partial charge in [-0.05, 0) is 32.1 Å². The number of hydrogen-bond acceptors (Lipinski definition) is 14. The van der Waals surface area contributed by atoms with Crippen LogP contribution in [0.15, 0.2) is 0 Å². The fourth-order valence-corrected chi connectivity index (χ4v) is 6.27. The molecule has 2 saturated heterocycles. The molecule has 0 bridgehead atoms. The molecule has 0 aromatic carbocycles. The molecule has 2 heterocycles. The first kappa shape index (κ1) is 39.7. The minimum absolute atomic E-state index is 0. The molecule has 0 aromatic heterocycles. The Morgan fingerprint density at radius 1 is 0.744 bits per heavy atom. The molecule has 2 aliphatic carbocycles. The molecule has 0 aromatic rings. The van der Waals surface area contributed by atoms with Crippen molar-refractivity contribution in [3.05, 3.63) is 0 Å². The molecular formula is C27H42Na2O14. The van der Waals surface area contributed by atoms with Gasteiger partial charge in [0.2, 0.25) is 0 Å². The van der Waals surface area contributed by atoms with E-state index in [-0.39, 0.29) is 71.5 Å². The maximum absolute atomic E-state index is 11.9. The Kier molecular flexibility index (Phi) is 16.8. The third kappa shape index (κ3) is 10.0. The minimum atomic E-state index is -1.99. The Labute approximate surface area is 294 Å². The summed E-state index contributed by atoms with van der Waals surface area (Å²) in [5, 5.41) is 76.0. The van der Waals surface area contributed by atoms with Gasteiger partial charge in [-0.15, -0.1) is 0 Å². The molecule has 2 saturated carbocycles. The third-order valence-electron chi connectivity index (χ3n) is 8.70. The van der Waals surface area contributed by atoms with E-state index in [1.54, 1.807) is 0 Å². The van der Waals surface area contributed by atoms with Crippen LogP contribution >= 0.6 is 0 Å². The molecule has 4 fully saturated rings. The third-order valence-corrected chi connectivity index (χ3v) is 8.70. The van der Waals surface area contributed by atoms with E-state index in [1.165, 1.54) is 6.92 Å². The van der Waals surface area contributed by atoms with Gasteiger partial charge >= 0.3 is 59.1 Å². The zero-order valence-corrected chi connectivity index (χ0v) is 29.1. The standard InChI is InChI=1S/C27H44O14.2Na/c1-12-17(28)18(29)19(30)26(37-12)39-14-9-5-6-10-15(14)40-27-21(32)22(20(31)23(41-27)25(35)36)38-16(24(33)34)11-13-7-3-2-4-8-13;;/h12-23,26-32H,2-11H2,1H3,(H,33,34)(H,35,36);;/q;2*+1/p-2/t12-,14+,15+,16-,17+,18-,19-,20+,21-,22-,23+,26-,27+;;/m0../s1. The van der Waals surface area contributed by atoms with Crippen molar-refractivity contribution in [1.82, 2.24) is 0 Å². The second kappa shape index (κ2) is 18.2. The second-order valence-corrected chi connectivity index (χ2v) is 11.7. The number of aliphatic hydroxyl groups is 5. The molecule has 0 amide bonds. The molecule has 13 atom stereocenters. The summed E-state index contributed by atoms with van der Waals surface area (Å²) in [6.45, 7) is 1.51. The number of carboxylic acid groups (broad SMARTS) is 2. The average Bonchev–Trinajstić information content (AvgIpc) is 2.94. The van der Waals surface area contributed by atoms with Crippen molar-refractivity contribution in [1.29, 1.82) is 0 Å². The predicted molar refractivity (Wildman–Crippen MR) is 131 cm³/mol. The van der Waals surface area contributed by atoms with Crippen LogP contribution in [0.3, 0.4) is 0 Å². The fraction of sp³-hybridized carbons (Fsp3) is 0.926. The van der Waals surface area contributed by atoms with Crippen LogP contribution in [0.4, 0.5) is 0 Å². The largest absolute Gasteiger partial charge is 1.00 e. The molecule has 16 heteroatoms. The molecule has 4 aliphatic rings. The van der Waals surface area contributed by atoms with Crippen molar-refractivity contribution >= 4 is 11.9 Å². The van der Waals surface area contributed by atoms with Gasteiger partial charge in [0, 0.05) is 0 Å². The van der Waals surface area contributed by atoms with Crippen molar-refractivity contribution in [2.45, 2.75) is 151 Å². The van der Waals surface area contributed by atoms with Crippen LogP contribution in [-0.2, 0) is 33.3 Å². The summed E-state index contributed by atoms with van der Waals surface area (Å²) < 4.78 is 28.4. The van der Waals surface area contributed by atoms with Gasteiger partial charge in [0.05, 0.1) is 36.4 Å². The Balaban J connectivity index is 0.00000323. The van der Waals surface area contributed by atoms with Crippen molar-refractivity contribution < 1.29 is 128 Å². The maximum Gasteiger partial charge on any atom is 1.00 e. The van der Waals surface area contributed by atoms with Gasteiger partial charge in [0.1, 0.15) is 42.7 Å². The number of rotatable bonds is 10. The first-order chi connectivity index (χ1) is 19.5. The second-order valence-electron chi connectivity index (χ2n) is 11.7. The number of carbonyl (C=O) groups is 2. The van der Waals surface area contributed by atoms with E-state index in [9.17, 15) is 45.3 Å². The quantitative estimate of drug-likeness (QED) is 0.140. The molecule has 0 unspecified atom stereocenters. The summed E-state index contributed by atoms with van der Waals surface area (Å²) >= 11 is 0. The van der Waals surface area contributed by atoms with Crippen LogP contribution in [-0.4, -0.2) is 117 Å². The zero-order chi connectivity index (χ0) is 29.8. The maximum atomic E-state index is 11.9. The first-order valence-electron chi connectivity index (χ1n) is 14.6. The summed E-state index contributed by atoms with van der Waals surface area (Å²) in [4.78, 5) is 23.7. The molecule has 236 valence electrons. The molecule has 43 heavy (non-hydrogen) atoms. The van der Waals surface area contributed by atoms with Crippen LogP contribution < -0.4 is 69.3 Å². The summed E-state index contributed by atoms with van der Waals surface area (Å²) in [6, 6.07) is 0. The van der Waals surface area contributed by atoms with Crippen LogP contribution in [0.5, 0.6) is 0 Å². The van der Waals surface area contributed by atoms with E-state index in [0.717, 1.165) is 32.1 Å². The average molecular weight is 637 g/mol. The van der Waals surface area contributed by atoms with Crippen LogP contribution in [0.1, 0.15) is 71.1 Å². The van der Waals surface area contributed by atoms with E-state index in [2.05, 4.69) is 0 Å². The molecule has 2 aliphatic heterocycles. The minimum Gasteiger partial charge on any atom is -0.547 e. The number of carbonyl (C=O) groups excluding carboxylic acids is 2. The van der Waals surface area contributed by atoms with Gasteiger partial charge in [-0.1, -0.05) is 44.9 Å². The van der Waals surface area contributed by atoms with Crippen molar-refractivity contribution in [2.75, 3.05) is 0 Å². The van der Waals surface area contributed by atoms with Gasteiger partial charge in [-0.2, -0.15) is 0 Å². The Morgan fingerprint density at radius 3 is 1.81 bits per heavy atom. The van der Waals surface area contributed by atoms with Crippen molar-refractivity contribution in [3.8, 4) is 0 Å². The Morgan fingerprint density at radius 2 is 1.28 bits per heavy atom. The first-order valence-corrected chi connectivity index (χ1v) is 14.6. The summed E-state index contributed by atoms with van der Waals surface area (Å²) in [7, 11) is 0. The van der Waals surface area contributed by atoms with E-state index in [0.29, 0.717) is 25.7 Å². The number of carboxylic acids is 2. The molecule has 14 nitrogen and oxygen atoms in total. The van der Waals surface area contributed by atoms with Crippen molar-refractivity contribution in [3.63, 3.8) is 0 Å². The van der Waals surface area contributed by atoms with Crippen LogP contribution in [0, 0.1) is 5.92 Å². The van der Waals surface area contributed by atoms with E-state index < -0.39 is 91.7 Å². The van der Waals surface area contributed by atoms with Gasteiger partial charge in [0.15, 0.2) is 12.6 Å². The van der Waals surface area contributed by atoms with E-state index >= 15 is 0 Å². The van der Waals surface area contributed by atoms with Gasteiger partial charge in [-0.3, -0.25) is 0 Å². The monoisotopic (exact) mass is 636 g/mol. The fourth-order valence-electron chi connectivity index (χ4n) is 6.27. The molecular weight excluding hydrogens is 594 g/mol. The van der Waals surface area contributed by atoms with Gasteiger partial charge in [0.25, 0.3) is 0 Å². The molecule has 5 N–H and O–H groups in total. The number of ether oxygens (including phenoxy) is 5. The normalized spacial score (nSPS) is 41.3. The Hall–Kier alpha value is 0.540. The summed E-state index contributed by atoms with van der Waals surface area (Å²) in [5.74, 6) is -3.30. The van der Waals surface area contributed by atoms with Crippen LogP contribution in [0.25, 0.3) is 0 Å². The van der Waals surface area contributed by atoms with Crippen molar-refractivity contribution in [2.24, 2.45) is 5.92 Å². The number of hydrogen-bond donors (Lipinski definition) is 5. The van der Waals surface area contributed by atoms with Gasteiger partial charge in [-0.25, -0.2) is 0 Å². The van der Waals surface area contributed by atoms with E-state index in [4.69, 9.17) is 23.7 Å². The summed E-state index contributed by atoms with van der Waals surface area (Å²) in [6.07, 6.45) is -11.8. The molecule has 0 spiro atoms. The summed E-state index contributed by atoms with van der Waals surface area (Å²) in [5.41, 5.74) is 0. The Bertz CT molecular complexity index is 879.